The minimum atomic E-state index is -0.377. The zero-order chi connectivity index (χ0) is 13.6. The summed E-state index contributed by atoms with van der Waals surface area (Å²) in [5.41, 5.74) is 0.906. The molecular weight excluding hydrogens is 489 g/mol. The van der Waals surface area contributed by atoms with E-state index in [4.69, 9.17) is 4.74 Å². The molecule has 0 heterocycles. The SMILES string of the molecule is C[C-]=C(C)C(C[C@@H](C)[C@@H](O)C(C)C)OC(C)=O.[W].[Y]. The van der Waals surface area contributed by atoms with E-state index >= 15 is 0 Å². The Bertz CT molecular complexity index is 280. The van der Waals surface area contributed by atoms with Crippen molar-refractivity contribution in [1.82, 2.24) is 0 Å². The first-order valence-electron chi connectivity index (χ1n) is 6.16. The number of allylic oxidation sites excluding steroid dienone is 1. The van der Waals surface area contributed by atoms with Crippen LogP contribution >= 0.6 is 0 Å². The number of ether oxygens (including phenoxy) is 1. The molecule has 5 heteroatoms. The number of carbonyl (C=O) groups excluding carboxylic acids is 1. The zero-order valence-corrected chi connectivity index (χ0v) is 18.5. The zero-order valence-electron chi connectivity index (χ0n) is 12.8. The third-order valence-corrected chi connectivity index (χ3v) is 3.04. The Kier molecular flexibility index (Phi) is 16.7. The Morgan fingerprint density at radius 2 is 1.74 bits per heavy atom. The summed E-state index contributed by atoms with van der Waals surface area (Å²) >= 11 is 0. The Labute approximate surface area is 157 Å². The minimum absolute atomic E-state index is 0. The van der Waals surface area contributed by atoms with Crippen molar-refractivity contribution < 1.29 is 68.4 Å². The summed E-state index contributed by atoms with van der Waals surface area (Å²) in [5, 5.41) is 9.96. The van der Waals surface area contributed by atoms with Crippen LogP contribution in [0, 0.1) is 17.9 Å². The summed E-state index contributed by atoms with van der Waals surface area (Å²) in [6.45, 7) is 11.0. The van der Waals surface area contributed by atoms with Crippen LogP contribution in [-0.2, 0) is 63.3 Å². The molecule has 0 rings (SSSR count). The van der Waals surface area contributed by atoms with E-state index in [2.05, 4.69) is 6.08 Å². The average Bonchev–Trinajstić information content (AvgIpc) is 2.24. The van der Waals surface area contributed by atoms with Crippen LogP contribution in [-0.4, -0.2) is 23.3 Å². The van der Waals surface area contributed by atoms with Gasteiger partial charge in [-0.05, 0) is 18.3 Å². The maximum Gasteiger partial charge on any atom is 0.303 e. The molecule has 19 heavy (non-hydrogen) atoms. The third-order valence-electron chi connectivity index (χ3n) is 3.04. The van der Waals surface area contributed by atoms with Gasteiger partial charge in [0.2, 0.25) is 0 Å². The van der Waals surface area contributed by atoms with Gasteiger partial charge in [-0.25, -0.2) is 5.57 Å². The van der Waals surface area contributed by atoms with Crippen molar-refractivity contribution in [3.8, 4) is 0 Å². The second-order valence-electron chi connectivity index (χ2n) is 4.98. The van der Waals surface area contributed by atoms with Gasteiger partial charge in [0.1, 0.15) is 0 Å². The van der Waals surface area contributed by atoms with E-state index in [1.54, 1.807) is 6.92 Å². The van der Waals surface area contributed by atoms with Crippen LogP contribution in [0.25, 0.3) is 0 Å². The maximum atomic E-state index is 11.0. The molecule has 3 atom stereocenters. The van der Waals surface area contributed by atoms with Crippen LogP contribution in [0.2, 0.25) is 0 Å². The van der Waals surface area contributed by atoms with E-state index in [9.17, 15) is 9.90 Å². The molecule has 1 unspecified atom stereocenters. The van der Waals surface area contributed by atoms with Crippen molar-refractivity contribution in [2.75, 3.05) is 0 Å². The summed E-state index contributed by atoms with van der Waals surface area (Å²) in [6, 6.07) is 0. The fourth-order valence-corrected chi connectivity index (χ4v) is 1.81. The van der Waals surface area contributed by atoms with Gasteiger partial charge in [0, 0.05) is 60.7 Å². The quantitative estimate of drug-likeness (QED) is 0.439. The van der Waals surface area contributed by atoms with Gasteiger partial charge in [0.15, 0.2) is 0 Å². The number of aliphatic hydroxyl groups is 1. The number of rotatable bonds is 6. The first-order chi connectivity index (χ1) is 7.79. The van der Waals surface area contributed by atoms with E-state index < -0.39 is 0 Å². The Balaban J connectivity index is -0.00000128. The molecule has 0 spiro atoms. The Hall–Kier alpha value is 0.962. The average molecular weight is 514 g/mol. The van der Waals surface area contributed by atoms with Crippen LogP contribution in [0.3, 0.4) is 0 Å². The summed E-state index contributed by atoms with van der Waals surface area (Å²) in [6.07, 6.45) is 2.98. The van der Waals surface area contributed by atoms with E-state index in [0.29, 0.717) is 6.42 Å². The predicted molar refractivity (Wildman–Crippen MR) is 68.3 cm³/mol. The summed E-state index contributed by atoms with van der Waals surface area (Å²) < 4.78 is 5.25. The number of aliphatic hydroxyl groups excluding tert-OH is 1. The molecule has 109 valence electrons. The molecule has 0 aromatic rings. The smallest absolute Gasteiger partial charge is 0.303 e. The van der Waals surface area contributed by atoms with E-state index in [0.717, 1.165) is 5.57 Å². The van der Waals surface area contributed by atoms with Gasteiger partial charge in [-0.15, -0.1) is 0 Å². The molecule has 0 saturated heterocycles. The van der Waals surface area contributed by atoms with Crippen molar-refractivity contribution in [2.24, 2.45) is 11.8 Å². The number of hydrogen-bond acceptors (Lipinski definition) is 3. The van der Waals surface area contributed by atoms with Crippen LogP contribution in [0.1, 0.15) is 48.0 Å². The van der Waals surface area contributed by atoms with Gasteiger partial charge in [-0.1, -0.05) is 27.7 Å². The van der Waals surface area contributed by atoms with Crippen LogP contribution in [0.4, 0.5) is 0 Å². The largest absolute Gasteiger partial charge is 0.497 e. The third kappa shape index (κ3) is 10.3. The second-order valence-corrected chi connectivity index (χ2v) is 4.98. The first kappa shape index (κ1) is 24.9. The van der Waals surface area contributed by atoms with Crippen molar-refractivity contribution >= 4 is 5.97 Å². The molecule has 0 fully saturated rings. The molecule has 0 bridgehead atoms. The summed E-state index contributed by atoms with van der Waals surface area (Å²) in [4.78, 5) is 11.0. The fourth-order valence-electron chi connectivity index (χ4n) is 1.81. The van der Waals surface area contributed by atoms with Crippen LogP contribution < -0.4 is 0 Å². The molecular formula is C14H25O3WY-. The van der Waals surface area contributed by atoms with Crippen LogP contribution in [0.5, 0.6) is 0 Å². The number of carbonyl (C=O) groups is 1. The molecule has 0 aliphatic heterocycles. The Morgan fingerprint density at radius 3 is 2.05 bits per heavy atom. The van der Waals surface area contributed by atoms with E-state index in [-0.39, 0.29) is 83.8 Å². The van der Waals surface area contributed by atoms with Crippen molar-refractivity contribution in [3.63, 3.8) is 0 Å². The standard InChI is InChI=1S/C14H25O3.W.Y/c1-7-10(4)13(17-12(6)15)8-11(5)14(16)9(2)3;;/h9,11,13-14,16H,8H2,1-6H3;;/q-1;;/t11-,13?,14+;;/m1../s1. The molecule has 0 saturated carbocycles. The monoisotopic (exact) mass is 514 g/mol. The van der Waals surface area contributed by atoms with Gasteiger partial charge in [-0.2, -0.15) is 6.92 Å². The van der Waals surface area contributed by atoms with Crippen molar-refractivity contribution in [1.29, 1.82) is 0 Å². The normalized spacial score (nSPS) is 15.9. The van der Waals surface area contributed by atoms with Crippen LogP contribution in [0.15, 0.2) is 5.57 Å². The van der Waals surface area contributed by atoms with Gasteiger partial charge >= 0.3 is 5.97 Å². The molecule has 3 nitrogen and oxygen atoms in total. The van der Waals surface area contributed by atoms with Gasteiger partial charge in [0.05, 0.1) is 12.2 Å². The second kappa shape index (κ2) is 12.7. The molecule has 1 N–H and O–H groups in total. The van der Waals surface area contributed by atoms with Crippen molar-refractivity contribution in [2.45, 2.75) is 60.2 Å². The van der Waals surface area contributed by atoms with E-state index in [1.165, 1.54) is 6.92 Å². The molecule has 0 amide bonds. The first-order valence-corrected chi connectivity index (χ1v) is 6.16. The molecule has 0 aromatic carbocycles. The Morgan fingerprint density at radius 1 is 1.26 bits per heavy atom. The predicted octanol–water partition coefficient (Wildman–Crippen LogP) is 2.73. The van der Waals surface area contributed by atoms with Gasteiger partial charge in [0.25, 0.3) is 0 Å². The summed E-state index contributed by atoms with van der Waals surface area (Å²) in [5.74, 6) is -0.00337. The topological polar surface area (TPSA) is 46.5 Å². The van der Waals surface area contributed by atoms with E-state index in [1.807, 2.05) is 27.7 Å². The minimum Gasteiger partial charge on any atom is -0.497 e. The van der Waals surface area contributed by atoms with Gasteiger partial charge < -0.3 is 15.9 Å². The number of esters is 1. The number of hydrogen-bond donors (Lipinski definition) is 1. The molecule has 1 radical (unpaired) electrons. The maximum absolute atomic E-state index is 11.0. The van der Waals surface area contributed by atoms with Crippen molar-refractivity contribution in [3.05, 3.63) is 11.6 Å². The molecule has 0 aliphatic carbocycles. The molecule has 0 aromatic heterocycles. The molecule has 0 aliphatic rings. The van der Waals surface area contributed by atoms with Gasteiger partial charge in [-0.3, -0.25) is 4.79 Å². The fraction of sp³-hybridized carbons (Fsp3) is 0.786. The summed E-state index contributed by atoms with van der Waals surface area (Å²) in [7, 11) is 0.